The number of rotatable bonds is 10. The number of nitrogens with two attached hydrogens (primary N) is 1. The Hall–Kier alpha value is -3.75. The molecule has 3 fully saturated rings. The number of ether oxygens (including phenoxy) is 8. The highest BCUT2D eigenvalue weighted by atomic mass is 16.6. The van der Waals surface area contributed by atoms with Crippen LogP contribution < -0.4 is 5.73 Å². The van der Waals surface area contributed by atoms with Gasteiger partial charge in [-0.05, 0) is 75.3 Å². The number of morpholine rings is 3. The van der Waals surface area contributed by atoms with E-state index in [4.69, 9.17) is 61.9 Å². The summed E-state index contributed by atoms with van der Waals surface area (Å²) in [6.07, 6.45) is 0.536. The number of aliphatic hydroxyl groups is 1. The molecular weight excluding hydrogens is 744 g/mol. The molecule has 0 aromatic carbocycles. The molecule has 0 spiro atoms. The van der Waals surface area contributed by atoms with Crippen molar-refractivity contribution in [3.63, 3.8) is 0 Å². The summed E-state index contributed by atoms with van der Waals surface area (Å²) < 4.78 is 43.0. The predicted molar refractivity (Wildman–Crippen MR) is 213 cm³/mol. The summed E-state index contributed by atoms with van der Waals surface area (Å²) in [5, 5.41) is 8.92. The second-order valence-corrected chi connectivity index (χ2v) is 15.9. The van der Waals surface area contributed by atoms with Crippen LogP contribution in [0.25, 0.3) is 9.69 Å². The van der Waals surface area contributed by atoms with E-state index in [9.17, 15) is 14.4 Å². The van der Waals surface area contributed by atoms with Crippen LogP contribution in [0.15, 0.2) is 12.8 Å². The van der Waals surface area contributed by atoms with Gasteiger partial charge in [0.1, 0.15) is 29.6 Å². The molecule has 3 saturated heterocycles. The van der Waals surface area contributed by atoms with Crippen LogP contribution in [0.2, 0.25) is 0 Å². The second-order valence-electron chi connectivity index (χ2n) is 15.9. The lowest BCUT2D eigenvalue weighted by Crippen LogP contribution is -2.48. The molecule has 18 heteroatoms. The van der Waals surface area contributed by atoms with Gasteiger partial charge in [0.25, 0.3) is 0 Å². The topological polar surface area (TPSA) is 190 Å². The molecule has 0 aromatic rings. The Labute approximate surface area is 340 Å². The van der Waals surface area contributed by atoms with Crippen LogP contribution in [0, 0.1) is 13.1 Å². The minimum Gasteiger partial charge on any atom is -0.444 e. The number of nitrogens with zero attached hydrogens (tertiary/aromatic N) is 5. The fraction of sp³-hybridized carbons (Fsp3) is 0.821. The van der Waals surface area contributed by atoms with Crippen LogP contribution in [0.5, 0.6) is 0 Å². The molecule has 3 N–H and O–H groups in total. The molecule has 3 rings (SSSR count). The zero-order chi connectivity index (χ0) is 43.5. The van der Waals surface area contributed by atoms with E-state index in [0.717, 1.165) is 6.42 Å². The van der Waals surface area contributed by atoms with Gasteiger partial charge in [-0.1, -0.05) is 0 Å². The number of aliphatic hydroxyl groups excluding tert-OH is 1. The van der Waals surface area contributed by atoms with E-state index in [1.54, 1.807) is 14.7 Å². The summed E-state index contributed by atoms with van der Waals surface area (Å²) in [5.74, 6) is 0. The van der Waals surface area contributed by atoms with Gasteiger partial charge < -0.3 is 68.3 Å². The van der Waals surface area contributed by atoms with Gasteiger partial charge in [-0.2, -0.15) is 0 Å². The van der Waals surface area contributed by atoms with Crippen molar-refractivity contribution in [3.8, 4) is 0 Å². The molecule has 3 aliphatic heterocycles. The minimum absolute atomic E-state index is 0.0701. The van der Waals surface area contributed by atoms with Crippen molar-refractivity contribution in [2.75, 3.05) is 105 Å². The van der Waals surface area contributed by atoms with Gasteiger partial charge in [-0.25, -0.2) is 25.8 Å². The average Bonchev–Trinajstić information content (AvgIpc) is 3.14. The summed E-state index contributed by atoms with van der Waals surface area (Å²) in [5.41, 5.74) is 3.95. The molecule has 3 aliphatic rings. The molecule has 0 radical (unpaired) electrons. The number of carbonyl (C=O) groups excluding carboxylic acids is 3. The van der Waals surface area contributed by atoms with Crippen LogP contribution >= 0.6 is 0 Å². The molecule has 3 amide bonds. The third kappa shape index (κ3) is 28.3. The lowest BCUT2D eigenvalue weighted by molar-refractivity contribution is -0.0724. The molecule has 0 saturated carbocycles. The molecule has 0 bridgehead atoms. The fourth-order valence-corrected chi connectivity index (χ4v) is 4.67. The lowest BCUT2D eigenvalue weighted by atomic mass is 10.2. The van der Waals surface area contributed by atoms with E-state index in [-0.39, 0.29) is 43.2 Å². The lowest BCUT2D eigenvalue weighted by Gasteiger charge is -2.34. The monoisotopic (exact) mass is 815 g/mol. The molecule has 3 heterocycles. The maximum Gasteiger partial charge on any atom is 0.410 e. The molecule has 18 nitrogen and oxygen atoms in total. The van der Waals surface area contributed by atoms with E-state index < -0.39 is 16.8 Å². The Morgan fingerprint density at radius 3 is 1.39 bits per heavy atom. The zero-order valence-electron chi connectivity index (χ0n) is 35.8. The first-order valence-corrected chi connectivity index (χ1v) is 19.2. The standard InChI is InChI=1S/C13H22N2O4.C13H26N2O4.C10H19NO4.C3H3N/c1-13(2,3)19-12(16)15-6-8-18-11(9-15)10-17-7-5-14-4;1-13(2,3)19-12(16)15-6-8-18-11(9-15)10-17-7-4-5-14;1-10(2,3)15-9(13)11-4-5-14-8(6-11)7-12;1-3-4-2/h11H,5-10H2,1-3H3;11H,4-10,14H2,1-3H3;8,12H,4-7H2,1-3H3;3H,1H2/t2*11-;8-;/m000./s1. The van der Waals surface area contributed by atoms with Gasteiger partial charge in [0.05, 0.1) is 84.2 Å². The van der Waals surface area contributed by atoms with E-state index in [0.29, 0.717) is 98.6 Å². The number of hydrogen-bond acceptors (Lipinski definition) is 13. The van der Waals surface area contributed by atoms with Crippen molar-refractivity contribution in [2.45, 2.75) is 104 Å². The van der Waals surface area contributed by atoms with E-state index in [2.05, 4.69) is 16.3 Å². The van der Waals surface area contributed by atoms with Crippen LogP contribution in [-0.4, -0.2) is 178 Å². The maximum absolute atomic E-state index is 11.9. The number of amides is 3. The highest BCUT2D eigenvalue weighted by Crippen LogP contribution is 2.15. The first-order chi connectivity index (χ1) is 26.7. The van der Waals surface area contributed by atoms with Gasteiger partial charge in [0.2, 0.25) is 6.54 Å². The number of carbonyl (C=O) groups is 3. The van der Waals surface area contributed by atoms with Crippen LogP contribution in [0.4, 0.5) is 14.4 Å². The van der Waals surface area contributed by atoms with Gasteiger partial charge in [-0.3, -0.25) is 0 Å². The molecule has 0 aromatic heterocycles. The van der Waals surface area contributed by atoms with Crippen molar-refractivity contribution in [1.82, 2.24) is 14.7 Å². The predicted octanol–water partition coefficient (Wildman–Crippen LogP) is 4.21. The van der Waals surface area contributed by atoms with E-state index in [1.165, 1.54) is 6.20 Å². The quantitative estimate of drug-likeness (QED) is 0.182. The zero-order valence-corrected chi connectivity index (χ0v) is 35.8. The normalized spacial score (nSPS) is 19.7. The largest absolute Gasteiger partial charge is 0.444 e. The van der Waals surface area contributed by atoms with Crippen molar-refractivity contribution in [3.05, 3.63) is 35.6 Å². The first kappa shape index (κ1) is 53.2. The fourth-order valence-electron chi connectivity index (χ4n) is 4.67. The van der Waals surface area contributed by atoms with Crippen molar-refractivity contribution in [2.24, 2.45) is 5.73 Å². The Kier molecular flexibility index (Phi) is 26.7. The first-order valence-electron chi connectivity index (χ1n) is 19.2. The molecule has 3 atom stereocenters. The smallest absolute Gasteiger partial charge is 0.410 e. The molecule has 328 valence electrons. The summed E-state index contributed by atoms with van der Waals surface area (Å²) in [6.45, 7) is 39.6. The average molecular weight is 815 g/mol. The minimum atomic E-state index is -0.489. The Bertz CT molecular complexity index is 1240. The van der Waals surface area contributed by atoms with Gasteiger partial charge in [0, 0.05) is 26.2 Å². The summed E-state index contributed by atoms with van der Waals surface area (Å²) in [6, 6.07) is 0. The third-order valence-electron chi connectivity index (χ3n) is 7.11. The molecule has 0 unspecified atom stereocenters. The van der Waals surface area contributed by atoms with E-state index in [1.807, 2.05) is 62.3 Å². The summed E-state index contributed by atoms with van der Waals surface area (Å²) in [4.78, 5) is 46.3. The molecule has 0 aliphatic carbocycles. The van der Waals surface area contributed by atoms with Crippen LogP contribution in [0.3, 0.4) is 0 Å². The molecular formula is C39H70N6O12. The second kappa shape index (κ2) is 28.6. The van der Waals surface area contributed by atoms with Gasteiger partial charge in [-0.15, -0.1) is 6.58 Å². The highest BCUT2D eigenvalue weighted by molar-refractivity contribution is 5.69. The van der Waals surface area contributed by atoms with Crippen LogP contribution in [0.1, 0.15) is 68.7 Å². The Morgan fingerprint density at radius 2 is 1.07 bits per heavy atom. The van der Waals surface area contributed by atoms with Crippen LogP contribution in [-0.2, 0) is 37.9 Å². The van der Waals surface area contributed by atoms with Gasteiger partial charge >= 0.3 is 18.3 Å². The van der Waals surface area contributed by atoms with Crippen molar-refractivity contribution in [1.29, 1.82) is 0 Å². The Morgan fingerprint density at radius 1 is 0.719 bits per heavy atom. The van der Waals surface area contributed by atoms with Gasteiger partial charge in [0.15, 0.2) is 0 Å². The number of hydrogen-bond donors (Lipinski definition) is 2. The maximum atomic E-state index is 11.9. The van der Waals surface area contributed by atoms with Crippen molar-refractivity contribution >= 4 is 18.3 Å². The summed E-state index contributed by atoms with van der Waals surface area (Å²) >= 11 is 0. The van der Waals surface area contributed by atoms with Crippen molar-refractivity contribution < 1.29 is 57.4 Å². The Balaban J connectivity index is 0.000000792. The SMILES string of the molecule is CC(C)(C)OC(=O)N1CCO[C@H](CO)C1.CC(C)(C)OC(=O)N1CCO[C@H](COCCCN)C1.[C-]#[N+]C=C.[C-]#[N+]CCOC[C@@H]1CN(C(=O)OC(C)(C)C)CCO1. The third-order valence-corrected chi connectivity index (χ3v) is 7.11. The highest BCUT2D eigenvalue weighted by Gasteiger charge is 2.30. The summed E-state index contributed by atoms with van der Waals surface area (Å²) in [7, 11) is 0. The molecule has 57 heavy (non-hydrogen) atoms. The van der Waals surface area contributed by atoms with E-state index >= 15 is 0 Å².